The van der Waals surface area contributed by atoms with Gasteiger partial charge in [-0.1, -0.05) is 17.6 Å². The Morgan fingerprint density at radius 1 is 1.28 bits per heavy atom. The minimum atomic E-state index is -0.436. The fraction of sp³-hybridized carbons (Fsp3) is 0.273. The van der Waals surface area contributed by atoms with Crippen molar-refractivity contribution in [2.45, 2.75) is 39.3 Å². The summed E-state index contributed by atoms with van der Waals surface area (Å²) in [5, 5.41) is 15.7. The van der Waals surface area contributed by atoms with Crippen LogP contribution in [-0.2, 0) is 17.8 Å². The maximum Gasteiger partial charge on any atom is 0.258 e. The smallest absolute Gasteiger partial charge is 0.258 e. The predicted molar refractivity (Wildman–Crippen MR) is 115 cm³/mol. The topological polar surface area (TPSA) is 87.7 Å². The molecule has 0 aromatic heterocycles. The number of imide groups is 1. The molecule has 1 aliphatic heterocycles. The van der Waals surface area contributed by atoms with Gasteiger partial charge < -0.3 is 15.2 Å². The third-order valence-electron chi connectivity index (χ3n) is 4.86. The number of allylic oxidation sites excluding steroid dienone is 1. The monoisotopic (exact) mass is 392 g/mol. The minimum absolute atomic E-state index is 0.150. The molecule has 1 aliphatic rings. The number of benzene rings is 2. The van der Waals surface area contributed by atoms with Crippen LogP contribution in [-0.4, -0.2) is 30.9 Å². The lowest BCUT2D eigenvalue weighted by atomic mass is 9.89. The average molecular weight is 392 g/mol. The van der Waals surface area contributed by atoms with Crippen LogP contribution < -0.4 is 20.8 Å². The largest absolute Gasteiger partial charge is 0.504 e. The van der Waals surface area contributed by atoms with Crippen molar-refractivity contribution in [2.24, 2.45) is 0 Å². The summed E-state index contributed by atoms with van der Waals surface area (Å²) in [6.07, 6.45) is 2.96. The number of carbonyl (C=O) groups is 2. The van der Waals surface area contributed by atoms with E-state index in [1.165, 1.54) is 0 Å². The summed E-state index contributed by atoms with van der Waals surface area (Å²) in [4.78, 5) is 22.8. The highest BCUT2D eigenvalue weighted by Gasteiger charge is 2.32. The highest BCUT2D eigenvalue weighted by Crippen LogP contribution is 2.42. The molecule has 3 N–H and O–H groups in total. The van der Waals surface area contributed by atoms with Gasteiger partial charge in [0.15, 0.2) is 11.5 Å². The number of phenols is 1. The van der Waals surface area contributed by atoms with Crippen molar-refractivity contribution in [3.05, 3.63) is 58.8 Å². The molecule has 0 atom stereocenters. The Bertz CT molecular complexity index is 999. The number of phenolic OH excluding ortho intramolecular Hbond substituents is 1. The standard InChI is InChI=1S/C22H25BN2O4/c1-13(18-8-16(23)4-5-17(18)21(28)25-12-26)10-24-11-14-6-15-9-22(2,3)29-20(15)19(27)7-14/h4-8,10,12,24,27H,9,11,23H2,1-3H3,(H,25,26,28)/b13-10+. The number of ether oxygens (including phenoxy) is 1. The summed E-state index contributed by atoms with van der Waals surface area (Å²) < 4.78 is 5.80. The van der Waals surface area contributed by atoms with Crippen LogP contribution in [0.15, 0.2) is 36.5 Å². The SMILES string of the molecule is Bc1ccc(C(=O)NC=O)c(/C(C)=C/NCc2cc(O)c3c(c2)CC(C)(C)O3)c1. The Morgan fingerprint density at radius 3 is 2.76 bits per heavy atom. The lowest BCUT2D eigenvalue weighted by Gasteiger charge is -2.17. The van der Waals surface area contributed by atoms with Crippen LogP contribution in [0.1, 0.15) is 47.8 Å². The molecular formula is C22H25BN2O4. The lowest BCUT2D eigenvalue weighted by molar-refractivity contribution is -0.108. The molecule has 0 saturated heterocycles. The molecular weight excluding hydrogens is 367 g/mol. The molecule has 0 fully saturated rings. The van der Waals surface area contributed by atoms with Gasteiger partial charge in [0.2, 0.25) is 6.41 Å². The van der Waals surface area contributed by atoms with E-state index in [1.807, 2.05) is 53.0 Å². The quantitative estimate of drug-likeness (QED) is 0.511. The molecule has 2 aromatic carbocycles. The summed E-state index contributed by atoms with van der Waals surface area (Å²) in [5.41, 5.74) is 4.69. The van der Waals surface area contributed by atoms with Crippen molar-refractivity contribution in [2.75, 3.05) is 0 Å². The Hall–Kier alpha value is -3.22. The molecule has 0 spiro atoms. The minimum Gasteiger partial charge on any atom is -0.504 e. The van der Waals surface area contributed by atoms with E-state index in [2.05, 4.69) is 10.6 Å². The molecule has 1 heterocycles. The molecule has 0 radical (unpaired) electrons. The van der Waals surface area contributed by atoms with Gasteiger partial charge in [-0.15, -0.1) is 0 Å². The van der Waals surface area contributed by atoms with E-state index in [0.717, 1.165) is 34.1 Å². The second-order valence-electron chi connectivity index (χ2n) is 7.99. The van der Waals surface area contributed by atoms with E-state index in [1.54, 1.807) is 12.1 Å². The number of hydrogen-bond acceptors (Lipinski definition) is 5. The van der Waals surface area contributed by atoms with Crippen LogP contribution in [0.5, 0.6) is 11.5 Å². The van der Waals surface area contributed by atoms with Gasteiger partial charge in [0.25, 0.3) is 5.91 Å². The van der Waals surface area contributed by atoms with Gasteiger partial charge in [-0.3, -0.25) is 14.9 Å². The van der Waals surface area contributed by atoms with E-state index in [9.17, 15) is 14.7 Å². The van der Waals surface area contributed by atoms with E-state index in [4.69, 9.17) is 4.74 Å². The van der Waals surface area contributed by atoms with Gasteiger partial charge in [-0.05, 0) is 55.7 Å². The van der Waals surface area contributed by atoms with Crippen LogP contribution >= 0.6 is 0 Å². The number of nitrogens with one attached hydrogen (secondary N) is 2. The number of fused-ring (bicyclic) bond motifs is 1. The first-order valence-corrected chi connectivity index (χ1v) is 9.49. The first-order chi connectivity index (χ1) is 13.7. The molecule has 0 bridgehead atoms. The number of hydrogen-bond donors (Lipinski definition) is 3. The van der Waals surface area contributed by atoms with Crippen LogP contribution in [0.25, 0.3) is 5.57 Å². The average Bonchev–Trinajstić information content (AvgIpc) is 2.96. The Labute approximate surface area is 171 Å². The van der Waals surface area contributed by atoms with Gasteiger partial charge in [-0.2, -0.15) is 0 Å². The highest BCUT2D eigenvalue weighted by molar-refractivity contribution is 6.32. The number of carbonyl (C=O) groups excluding carboxylic acids is 2. The molecule has 0 unspecified atom stereocenters. The summed E-state index contributed by atoms with van der Waals surface area (Å²) in [6.45, 7) is 6.41. The molecule has 7 heteroatoms. The van der Waals surface area contributed by atoms with Crippen molar-refractivity contribution in [3.63, 3.8) is 0 Å². The normalized spacial score (nSPS) is 14.7. The van der Waals surface area contributed by atoms with Crippen molar-refractivity contribution < 1.29 is 19.4 Å². The summed E-state index contributed by atoms with van der Waals surface area (Å²) in [5.74, 6) is 0.280. The van der Waals surface area contributed by atoms with Crippen LogP contribution in [0.4, 0.5) is 0 Å². The fourth-order valence-corrected chi connectivity index (χ4v) is 3.57. The zero-order chi connectivity index (χ0) is 21.2. The molecule has 0 aliphatic carbocycles. The molecule has 6 nitrogen and oxygen atoms in total. The molecule has 29 heavy (non-hydrogen) atoms. The number of aromatic hydroxyl groups is 1. The first-order valence-electron chi connectivity index (χ1n) is 9.49. The van der Waals surface area contributed by atoms with Crippen molar-refractivity contribution in [3.8, 4) is 11.5 Å². The summed E-state index contributed by atoms with van der Waals surface area (Å²) in [6, 6.07) is 9.19. The predicted octanol–water partition coefficient (Wildman–Crippen LogP) is 1.40. The van der Waals surface area contributed by atoms with E-state index < -0.39 is 5.91 Å². The van der Waals surface area contributed by atoms with Crippen molar-refractivity contribution in [1.82, 2.24) is 10.6 Å². The number of rotatable bonds is 6. The third-order valence-corrected chi connectivity index (χ3v) is 4.86. The van der Waals surface area contributed by atoms with E-state index in [-0.39, 0.29) is 11.4 Å². The zero-order valence-corrected chi connectivity index (χ0v) is 17.1. The molecule has 2 aromatic rings. The maximum atomic E-state index is 12.1. The molecule has 0 saturated carbocycles. The van der Waals surface area contributed by atoms with Crippen molar-refractivity contribution in [1.29, 1.82) is 0 Å². The second-order valence-corrected chi connectivity index (χ2v) is 7.99. The molecule has 3 rings (SSSR count). The van der Waals surface area contributed by atoms with Gasteiger partial charge in [0, 0.05) is 30.3 Å². The number of amides is 2. The zero-order valence-electron chi connectivity index (χ0n) is 17.1. The lowest BCUT2D eigenvalue weighted by Crippen LogP contribution is -2.24. The molecule has 2 amide bonds. The maximum absolute atomic E-state index is 12.1. The van der Waals surface area contributed by atoms with Gasteiger partial charge in [-0.25, -0.2) is 0 Å². The van der Waals surface area contributed by atoms with Crippen LogP contribution in [0.3, 0.4) is 0 Å². The fourth-order valence-electron chi connectivity index (χ4n) is 3.57. The van der Waals surface area contributed by atoms with E-state index in [0.29, 0.717) is 24.3 Å². The van der Waals surface area contributed by atoms with E-state index >= 15 is 0 Å². The van der Waals surface area contributed by atoms with Gasteiger partial charge in [0.05, 0.1) is 0 Å². The Balaban J connectivity index is 1.77. The van der Waals surface area contributed by atoms with Crippen molar-refractivity contribution >= 4 is 31.2 Å². The summed E-state index contributed by atoms with van der Waals surface area (Å²) in [7, 11) is 1.95. The first kappa shape index (κ1) is 20.5. The second kappa shape index (κ2) is 8.03. The molecule has 150 valence electrons. The van der Waals surface area contributed by atoms with Crippen LogP contribution in [0.2, 0.25) is 0 Å². The Kier molecular flexibility index (Phi) is 5.68. The van der Waals surface area contributed by atoms with Crippen LogP contribution in [0, 0.1) is 0 Å². The van der Waals surface area contributed by atoms with Gasteiger partial charge in [0.1, 0.15) is 13.4 Å². The summed E-state index contributed by atoms with van der Waals surface area (Å²) >= 11 is 0. The van der Waals surface area contributed by atoms with Gasteiger partial charge >= 0.3 is 0 Å². The Morgan fingerprint density at radius 2 is 2.03 bits per heavy atom. The highest BCUT2D eigenvalue weighted by atomic mass is 16.5. The third kappa shape index (κ3) is 4.62.